The third-order valence-electron chi connectivity index (χ3n) is 7.82. The molecule has 1 atom stereocenters. The minimum Gasteiger partial charge on any atom is -0.450 e. The second-order valence-electron chi connectivity index (χ2n) is 9.47. The minimum atomic E-state index is -0.117. The molecule has 4 fully saturated rings. The van der Waals surface area contributed by atoms with Gasteiger partial charge in [-0.25, -0.2) is 9.78 Å². The molecule has 5 rings (SSSR count). The average Bonchev–Trinajstić information content (AvgIpc) is 3.47. The van der Waals surface area contributed by atoms with E-state index in [1.165, 1.54) is 63.2 Å². The van der Waals surface area contributed by atoms with Crippen molar-refractivity contribution in [2.24, 2.45) is 5.41 Å². The van der Waals surface area contributed by atoms with Crippen molar-refractivity contribution in [2.45, 2.75) is 70.0 Å². The van der Waals surface area contributed by atoms with Crippen LogP contribution in [0.5, 0.6) is 0 Å². The zero-order chi connectivity index (χ0) is 19.8. The van der Waals surface area contributed by atoms with Gasteiger partial charge in [-0.1, -0.05) is 0 Å². The van der Waals surface area contributed by atoms with Gasteiger partial charge in [0.25, 0.3) is 0 Å². The van der Waals surface area contributed by atoms with Gasteiger partial charge in [0, 0.05) is 36.8 Å². The van der Waals surface area contributed by atoms with E-state index < -0.39 is 0 Å². The van der Waals surface area contributed by atoms with Crippen LogP contribution in [0.25, 0.3) is 0 Å². The number of thiazole rings is 1. The summed E-state index contributed by atoms with van der Waals surface area (Å²) in [5.41, 5.74) is 0.374. The molecule has 1 aromatic heterocycles. The maximum atomic E-state index is 12.0. The molecular formula is C22H34N4O2S. The van der Waals surface area contributed by atoms with Gasteiger partial charge in [0.1, 0.15) is 5.01 Å². The molecule has 160 valence electrons. The monoisotopic (exact) mass is 418 g/mol. The molecule has 0 radical (unpaired) electrons. The van der Waals surface area contributed by atoms with Crippen molar-refractivity contribution in [3.8, 4) is 0 Å². The molecule has 0 aromatic carbocycles. The largest absolute Gasteiger partial charge is 0.450 e. The molecule has 6 nitrogen and oxygen atoms in total. The highest BCUT2D eigenvalue weighted by molar-refractivity contribution is 7.09. The normalized spacial score (nSPS) is 34.0. The third kappa shape index (κ3) is 3.81. The Balaban J connectivity index is 1.10. The zero-order valence-electron chi connectivity index (χ0n) is 17.6. The molecule has 3 aliphatic heterocycles. The Bertz CT molecular complexity index is 698. The SMILES string of the molecule is CCOC(=O)N1CCC2(CC(N3CCC(N4CCC[C@@H]4c4nccs4)CC3)C2)C1. The Kier molecular flexibility index (Phi) is 5.56. The molecule has 1 aromatic rings. The van der Waals surface area contributed by atoms with E-state index in [0.29, 0.717) is 18.1 Å². The van der Waals surface area contributed by atoms with Gasteiger partial charge in [-0.15, -0.1) is 11.3 Å². The van der Waals surface area contributed by atoms with E-state index in [1.54, 1.807) is 0 Å². The molecular weight excluding hydrogens is 384 g/mol. The lowest BCUT2D eigenvalue weighted by Crippen LogP contribution is -2.56. The lowest BCUT2D eigenvalue weighted by atomic mass is 9.64. The van der Waals surface area contributed by atoms with Crippen molar-refractivity contribution in [3.05, 3.63) is 16.6 Å². The highest BCUT2D eigenvalue weighted by atomic mass is 32.1. The van der Waals surface area contributed by atoms with Crippen LogP contribution in [0.2, 0.25) is 0 Å². The highest BCUT2D eigenvalue weighted by Crippen LogP contribution is 2.51. The maximum absolute atomic E-state index is 12.0. The van der Waals surface area contributed by atoms with Crippen LogP contribution >= 0.6 is 11.3 Å². The van der Waals surface area contributed by atoms with Gasteiger partial charge in [-0.2, -0.15) is 0 Å². The van der Waals surface area contributed by atoms with Gasteiger partial charge in [-0.05, 0) is 76.9 Å². The molecule has 4 heterocycles. The first-order valence-corrected chi connectivity index (χ1v) is 12.4. The Hall–Kier alpha value is -1.18. The molecule has 7 heteroatoms. The van der Waals surface area contributed by atoms with Crippen LogP contribution in [0.1, 0.15) is 62.9 Å². The van der Waals surface area contributed by atoms with Crippen molar-refractivity contribution in [1.82, 2.24) is 19.7 Å². The molecule has 0 bridgehead atoms. The predicted octanol–water partition coefficient (Wildman–Crippen LogP) is 3.76. The van der Waals surface area contributed by atoms with Crippen LogP contribution in [0.15, 0.2) is 11.6 Å². The number of nitrogens with zero attached hydrogens (tertiary/aromatic N) is 4. The van der Waals surface area contributed by atoms with E-state index in [-0.39, 0.29) is 6.09 Å². The lowest BCUT2D eigenvalue weighted by Gasteiger charge is -2.52. The number of hydrogen-bond acceptors (Lipinski definition) is 6. The minimum absolute atomic E-state index is 0.117. The Morgan fingerprint density at radius 2 is 2.03 bits per heavy atom. The van der Waals surface area contributed by atoms with Crippen LogP contribution in [-0.2, 0) is 4.74 Å². The van der Waals surface area contributed by atoms with Gasteiger partial charge in [0.2, 0.25) is 0 Å². The van der Waals surface area contributed by atoms with Crippen molar-refractivity contribution >= 4 is 17.4 Å². The fourth-order valence-corrected chi connectivity index (χ4v) is 7.10. The molecule has 1 amide bonds. The number of amides is 1. The summed E-state index contributed by atoms with van der Waals surface area (Å²) < 4.78 is 5.20. The number of aromatic nitrogens is 1. The molecule has 1 saturated carbocycles. The topological polar surface area (TPSA) is 48.9 Å². The summed E-state index contributed by atoms with van der Waals surface area (Å²) in [7, 11) is 0. The van der Waals surface area contributed by atoms with Gasteiger partial charge in [0.05, 0.1) is 12.6 Å². The summed E-state index contributed by atoms with van der Waals surface area (Å²) in [6.07, 6.45) is 10.7. The van der Waals surface area contributed by atoms with Crippen LogP contribution in [-0.4, -0.2) is 77.2 Å². The molecule has 29 heavy (non-hydrogen) atoms. The van der Waals surface area contributed by atoms with E-state index in [4.69, 9.17) is 4.74 Å². The van der Waals surface area contributed by atoms with Gasteiger partial charge < -0.3 is 14.5 Å². The van der Waals surface area contributed by atoms with Gasteiger partial charge in [-0.3, -0.25) is 4.90 Å². The van der Waals surface area contributed by atoms with E-state index in [2.05, 4.69) is 20.2 Å². The smallest absolute Gasteiger partial charge is 0.409 e. The second-order valence-corrected chi connectivity index (χ2v) is 10.4. The number of carbonyl (C=O) groups is 1. The van der Waals surface area contributed by atoms with Gasteiger partial charge in [0.15, 0.2) is 0 Å². The van der Waals surface area contributed by atoms with Gasteiger partial charge >= 0.3 is 6.09 Å². The number of likely N-dealkylation sites (tertiary alicyclic amines) is 3. The Morgan fingerprint density at radius 1 is 1.21 bits per heavy atom. The fraction of sp³-hybridized carbons (Fsp3) is 0.818. The summed E-state index contributed by atoms with van der Waals surface area (Å²) >= 11 is 1.82. The predicted molar refractivity (Wildman–Crippen MR) is 114 cm³/mol. The zero-order valence-corrected chi connectivity index (χ0v) is 18.4. The Labute approximate surface area is 178 Å². The first-order valence-electron chi connectivity index (χ1n) is 11.5. The number of piperidine rings is 1. The molecule has 1 spiro atoms. The Morgan fingerprint density at radius 3 is 2.76 bits per heavy atom. The second kappa shape index (κ2) is 8.16. The van der Waals surface area contributed by atoms with Crippen LogP contribution < -0.4 is 0 Å². The molecule has 0 unspecified atom stereocenters. The third-order valence-corrected chi connectivity index (χ3v) is 8.69. The lowest BCUT2D eigenvalue weighted by molar-refractivity contribution is -0.0173. The van der Waals surface area contributed by atoms with Crippen LogP contribution in [0, 0.1) is 5.41 Å². The number of rotatable bonds is 4. The summed E-state index contributed by atoms with van der Waals surface area (Å²) in [6, 6.07) is 2.01. The van der Waals surface area contributed by atoms with E-state index >= 15 is 0 Å². The fourth-order valence-electron chi connectivity index (χ4n) is 6.31. The van der Waals surface area contributed by atoms with E-state index in [0.717, 1.165) is 31.6 Å². The van der Waals surface area contributed by atoms with Crippen molar-refractivity contribution < 1.29 is 9.53 Å². The maximum Gasteiger partial charge on any atom is 0.409 e. The van der Waals surface area contributed by atoms with Crippen molar-refractivity contribution in [1.29, 1.82) is 0 Å². The van der Waals surface area contributed by atoms with Crippen molar-refractivity contribution in [2.75, 3.05) is 39.3 Å². The number of hydrogen-bond donors (Lipinski definition) is 0. The number of carbonyl (C=O) groups excluding carboxylic acids is 1. The summed E-state index contributed by atoms with van der Waals surface area (Å²) in [4.78, 5) is 24.0. The molecule has 4 aliphatic rings. The first-order chi connectivity index (χ1) is 14.2. The molecule has 1 aliphatic carbocycles. The highest BCUT2D eigenvalue weighted by Gasteiger charge is 2.51. The standard InChI is InChI=1S/C22H34N4O2S/c1-2-28-21(27)25-12-7-22(16-25)14-18(15-22)24-10-5-17(6-11-24)26-9-3-4-19(26)20-23-8-13-29-20/h8,13,17-19H,2-7,9-12,14-16H2,1H3/t18?,19-,22?/m1/s1. The van der Waals surface area contributed by atoms with E-state index in [1.807, 2.05) is 29.4 Å². The van der Waals surface area contributed by atoms with Crippen LogP contribution in [0.4, 0.5) is 4.79 Å². The quantitative estimate of drug-likeness (QED) is 0.745. The summed E-state index contributed by atoms with van der Waals surface area (Å²) in [5, 5.41) is 3.44. The van der Waals surface area contributed by atoms with E-state index in [9.17, 15) is 4.79 Å². The summed E-state index contributed by atoms with van der Waals surface area (Å²) in [6.45, 7) is 7.84. The first kappa shape index (κ1) is 19.8. The number of ether oxygens (including phenoxy) is 1. The average molecular weight is 419 g/mol. The summed E-state index contributed by atoms with van der Waals surface area (Å²) in [5.74, 6) is 0. The molecule has 3 saturated heterocycles. The van der Waals surface area contributed by atoms with Crippen LogP contribution in [0.3, 0.4) is 0 Å². The van der Waals surface area contributed by atoms with Crippen molar-refractivity contribution in [3.63, 3.8) is 0 Å². The molecule has 0 N–H and O–H groups in total.